The molecule has 1 N–H and O–H groups in total. The summed E-state index contributed by atoms with van der Waals surface area (Å²) in [5.74, 6) is 0.590. The Morgan fingerprint density at radius 1 is 1.25 bits per heavy atom. The highest BCUT2D eigenvalue weighted by Gasteiger charge is 2.28. The normalized spacial score (nSPS) is 16.8. The number of allylic oxidation sites excluding steroid dienone is 1. The standard InChI is InChI=1S/C35H43N7O2/c1-5-26(15-17-36)22-42(21-18-37-32(43)6-2)34-29-16-20-41(31-14-8-12-27-11-7-10-25(3)33(27)31)23-30(29)38-35(39-34)44-24-28-13-9-19-40(28)4/h5-8,10-12,14,28H,2,9,13,15-16,18-24H2,1,3-4H3,(H,37,43)/b26-5-/t28-/m0/s1. The maximum Gasteiger partial charge on any atom is 0.318 e. The molecule has 1 aromatic heterocycles. The molecular formula is C35H43N7O2. The van der Waals surface area contributed by atoms with Crippen molar-refractivity contribution in [2.24, 2.45) is 0 Å². The van der Waals surface area contributed by atoms with Gasteiger partial charge in [-0.2, -0.15) is 15.2 Å². The van der Waals surface area contributed by atoms with Crippen molar-refractivity contribution in [3.63, 3.8) is 0 Å². The number of likely N-dealkylation sites (N-methyl/N-ethyl adjacent to an activating group) is 1. The van der Waals surface area contributed by atoms with Crippen LogP contribution in [0.5, 0.6) is 6.01 Å². The Balaban J connectivity index is 1.52. The van der Waals surface area contributed by atoms with Crippen LogP contribution in [0.25, 0.3) is 10.8 Å². The summed E-state index contributed by atoms with van der Waals surface area (Å²) >= 11 is 0. The molecule has 0 saturated carbocycles. The van der Waals surface area contributed by atoms with Gasteiger partial charge in [-0.15, -0.1) is 0 Å². The number of aromatic nitrogens is 2. The van der Waals surface area contributed by atoms with Gasteiger partial charge in [0.05, 0.1) is 24.7 Å². The molecule has 0 unspecified atom stereocenters. The zero-order valence-corrected chi connectivity index (χ0v) is 26.2. The first-order valence-corrected chi connectivity index (χ1v) is 15.5. The number of nitrogens with zero attached hydrogens (tertiary/aromatic N) is 6. The van der Waals surface area contributed by atoms with Crippen molar-refractivity contribution >= 4 is 28.2 Å². The molecule has 0 radical (unpaired) electrons. The number of aryl methyl sites for hydroxylation is 1. The minimum absolute atomic E-state index is 0.219. The molecule has 2 aromatic carbocycles. The van der Waals surface area contributed by atoms with Gasteiger partial charge in [0.1, 0.15) is 12.4 Å². The molecule has 0 bridgehead atoms. The summed E-state index contributed by atoms with van der Waals surface area (Å²) in [6.07, 6.45) is 6.61. The van der Waals surface area contributed by atoms with Crippen LogP contribution in [-0.4, -0.2) is 73.2 Å². The highest BCUT2D eigenvalue weighted by molar-refractivity contribution is 5.97. The predicted octanol–water partition coefficient (Wildman–Crippen LogP) is 4.94. The van der Waals surface area contributed by atoms with E-state index in [0.717, 1.165) is 55.0 Å². The second-order valence-electron chi connectivity index (χ2n) is 11.7. The van der Waals surface area contributed by atoms with Crippen LogP contribution >= 0.6 is 0 Å². The van der Waals surface area contributed by atoms with Crippen LogP contribution in [0.4, 0.5) is 11.5 Å². The first kappa shape index (κ1) is 31.0. The Labute approximate surface area is 260 Å². The van der Waals surface area contributed by atoms with Crippen molar-refractivity contribution in [3.05, 3.63) is 77.5 Å². The molecule has 3 aromatic rings. The molecule has 9 nitrogen and oxygen atoms in total. The van der Waals surface area contributed by atoms with Gasteiger partial charge in [-0.25, -0.2) is 0 Å². The molecule has 1 atom stereocenters. The number of nitrogens with one attached hydrogen (secondary N) is 1. The van der Waals surface area contributed by atoms with Crippen LogP contribution in [0.2, 0.25) is 0 Å². The van der Waals surface area contributed by atoms with Gasteiger partial charge in [0.2, 0.25) is 5.91 Å². The van der Waals surface area contributed by atoms with Crippen molar-refractivity contribution < 1.29 is 9.53 Å². The summed E-state index contributed by atoms with van der Waals surface area (Å²) in [7, 11) is 2.14. The Morgan fingerprint density at radius 2 is 2.07 bits per heavy atom. The van der Waals surface area contributed by atoms with Gasteiger partial charge in [0.25, 0.3) is 0 Å². The zero-order valence-electron chi connectivity index (χ0n) is 26.2. The lowest BCUT2D eigenvalue weighted by atomic mass is 9.99. The number of ether oxygens (including phenoxy) is 1. The van der Waals surface area contributed by atoms with Gasteiger partial charge in [-0.3, -0.25) is 4.79 Å². The number of hydrogen-bond donors (Lipinski definition) is 1. The monoisotopic (exact) mass is 593 g/mol. The van der Waals surface area contributed by atoms with Crippen LogP contribution in [0.1, 0.15) is 43.0 Å². The third-order valence-electron chi connectivity index (χ3n) is 8.81. The molecule has 5 rings (SSSR count). The van der Waals surface area contributed by atoms with E-state index in [9.17, 15) is 10.1 Å². The number of amides is 1. The van der Waals surface area contributed by atoms with E-state index in [1.807, 2.05) is 13.0 Å². The van der Waals surface area contributed by atoms with Crippen LogP contribution < -0.4 is 19.9 Å². The highest BCUT2D eigenvalue weighted by Crippen LogP contribution is 2.35. The maximum atomic E-state index is 12.0. The molecule has 9 heteroatoms. The number of likely N-dealkylation sites (tertiary alicyclic amines) is 1. The van der Waals surface area contributed by atoms with Crippen LogP contribution in [0.3, 0.4) is 0 Å². The minimum atomic E-state index is -0.219. The van der Waals surface area contributed by atoms with Gasteiger partial charge in [0.15, 0.2) is 0 Å². The fourth-order valence-corrected chi connectivity index (χ4v) is 6.29. The van der Waals surface area contributed by atoms with Gasteiger partial charge >= 0.3 is 6.01 Å². The van der Waals surface area contributed by atoms with Crippen LogP contribution in [-0.2, 0) is 17.8 Å². The van der Waals surface area contributed by atoms with Crippen molar-refractivity contribution in [1.82, 2.24) is 20.2 Å². The average Bonchev–Trinajstić information content (AvgIpc) is 3.46. The van der Waals surface area contributed by atoms with Crippen molar-refractivity contribution in [2.45, 2.75) is 52.1 Å². The lowest BCUT2D eigenvalue weighted by Gasteiger charge is -2.34. The topological polar surface area (TPSA) is 97.6 Å². The van der Waals surface area contributed by atoms with Crippen molar-refractivity contribution in [3.8, 4) is 12.1 Å². The molecule has 1 saturated heterocycles. The van der Waals surface area contributed by atoms with Crippen molar-refractivity contribution in [1.29, 1.82) is 5.26 Å². The van der Waals surface area contributed by atoms with E-state index in [0.29, 0.717) is 51.3 Å². The van der Waals surface area contributed by atoms with E-state index in [1.165, 1.54) is 28.1 Å². The molecule has 1 amide bonds. The molecule has 0 aliphatic carbocycles. The minimum Gasteiger partial charge on any atom is -0.462 e. The third kappa shape index (κ3) is 7.03. The quantitative estimate of drug-likeness (QED) is 0.233. The number of anilines is 2. The number of benzene rings is 2. The van der Waals surface area contributed by atoms with E-state index >= 15 is 0 Å². The summed E-state index contributed by atoms with van der Waals surface area (Å²) in [6, 6.07) is 15.9. The summed E-state index contributed by atoms with van der Waals surface area (Å²) in [5.41, 5.74) is 5.49. The number of fused-ring (bicyclic) bond motifs is 2. The molecule has 3 heterocycles. The Hall–Kier alpha value is -4.42. The lowest BCUT2D eigenvalue weighted by Crippen LogP contribution is -2.39. The highest BCUT2D eigenvalue weighted by atomic mass is 16.5. The number of nitriles is 1. The molecule has 2 aliphatic rings. The lowest BCUT2D eigenvalue weighted by molar-refractivity contribution is -0.116. The van der Waals surface area contributed by atoms with Crippen molar-refractivity contribution in [2.75, 3.05) is 56.2 Å². The SMILES string of the molecule is C=CC(=O)NCCN(C/C(=C\C)CC#N)c1nc(OC[C@@H]2CCCN2C)nc2c1CCN(c1cccc3cccc(C)c13)C2. The van der Waals surface area contributed by atoms with Gasteiger partial charge in [0, 0.05) is 48.9 Å². The fraction of sp³-hybridized carbons (Fsp3) is 0.429. The predicted molar refractivity (Wildman–Crippen MR) is 176 cm³/mol. The number of carbonyl (C=O) groups is 1. The first-order valence-electron chi connectivity index (χ1n) is 15.5. The summed E-state index contributed by atoms with van der Waals surface area (Å²) in [6.45, 7) is 12.2. The van der Waals surface area contributed by atoms with E-state index in [4.69, 9.17) is 14.7 Å². The third-order valence-corrected chi connectivity index (χ3v) is 8.81. The second kappa shape index (κ2) is 14.4. The van der Waals surface area contributed by atoms with E-state index in [2.05, 4.69) is 83.0 Å². The van der Waals surface area contributed by atoms with Gasteiger partial charge in [-0.1, -0.05) is 43.0 Å². The van der Waals surface area contributed by atoms with Gasteiger partial charge in [-0.05, 0) is 75.4 Å². The average molecular weight is 594 g/mol. The van der Waals surface area contributed by atoms with E-state index < -0.39 is 0 Å². The van der Waals surface area contributed by atoms with Crippen LogP contribution in [0, 0.1) is 18.3 Å². The molecule has 44 heavy (non-hydrogen) atoms. The first-order chi connectivity index (χ1) is 21.4. The number of rotatable bonds is 12. The smallest absolute Gasteiger partial charge is 0.318 e. The Kier molecular flexibility index (Phi) is 10.1. The second-order valence-corrected chi connectivity index (χ2v) is 11.7. The maximum absolute atomic E-state index is 12.0. The summed E-state index contributed by atoms with van der Waals surface area (Å²) < 4.78 is 6.33. The Bertz CT molecular complexity index is 1570. The fourth-order valence-electron chi connectivity index (χ4n) is 6.29. The Morgan fingerprint density at radius 3 is 2.80 bits per heavy atom. The van der Waals surface area contributed by atoms with Gasteiger partial charge < -0.3 is 24.8 Å². The molecule has 0 spiro atoms. The van der Waals surface area contributed by atoms with Crippen LogP contribution in [0.15, 0.2) is 60.7 Å². The molecule has 230 valence electrons. The largest absolute Gasteiger partial charge is 0.462 e. The van der Waals surface area contributed by atoms with E-state index in [-0.39, 0.29) is 5.91 Å². The summed E-state index contributed by atoms with van der Waals surface area (Å²) in [5, 5.41) is 14.9. The number of hydrogen-bond acceptors (Lipinski definition) is 8. The van der Waals surface area contributed by atoms with E-state index in [1.54, 1.807) is 0 Å². The number of carbonyl (C=O) groups excluding carboxylic acids is 1. The summed E-state index contributed by atoms with van der Waals surface area (Å²) in [4.78, 5) is 28.9. The molecular weight excluding hydrogens is 550 g/mol. The molecule has 2 aliphatic heterocycles. The molecule has 1 fully saturated rings. The zero-order chi connectivity index (χ0) is 31.1.